The molecule has 2 unspecified atom stereocenters. The Kier molecular flexibility index (Phi) is 3.86. The Morgan fingerprint density at radius 2 is 1.76 bits per heavy atom. The standard InChI is InChI=1S/C20H25N/c1-13-9-14(2)18(15(3)10-13)12-20(21-4)19-11-16-7-5-6-8-17(16)19/h5-10,19-21H,11-12H2,1-4H3. The van der Waals surface area contributed by atoms with E-state index < -0.39 is 0 Å². The van der Waals surface area contributed by atoms with Gasteiger partial charge in [0.15, 0.2) is 0 Å². The van der Waals surface area contributed by atoms with Crippen LogP contribution in [0, 0.1) is 20.8 Å². The van der Waals surface area contributed by atoms with Crippen molar-refractivity contribution in [2.45, 2.75) is 45.6 Å². The highest BCUT2D eigenvalue weighted by molar-refractivity contribution is 5.43. The quantitative estimate of drug-likeness (QED) is 0.889. The number of hydrogen-bond donors (Lipinski definition) is 1. The van der Waals surface area contributed by atoms with Crippen molar-refractivity contribution in [3.8, 4) is 0 Å². The molecule has 2 aromatic rings. The van der Waals surface area contributed by atoms with Crippen molar-refractivity contribution in [1.82, 2.24) is 5.32 Å². The second-order valence-corrected chi connectivity index (χ2v) is 6.49. The van der Waals surface area contributed by atoms with Crippen molar-refractivity contribution in [2.24, 2.45) is 0 Å². The average Bonchev–Trinajstić information content (AvgIpc) is 2.41. The first-order valence-electron chi connectivity index (χ1n) is 7.92. The number of hydrogen-bond acceptors (Lipinski definition) is 1. The van der Waals surface area contributed by atoms with Crippen molar-refractivity contribution in [3.63, 3.8) is 0 Å². The van der Waals surface area contributed by atoms with Gasteiger partial charge in [-0.1, -0.05) is 42.0 Å². The topological polar surface area (TPSA) is 12.0 Å². The minimum Gasteiger partial charge on any atom is -0.316 e. The Morgan fingerprint density at radius 3 is 2.38 bits per heavy atom. The van der Waals surface area contributed by atoms with E-state index in [9.17, 15) is 0 Å². The molecular weight excluding hydrogens is 254 g/mol. The highest BCUT2D eigenvalue weighted by atomic mass is 14.9. The highest BCUT2D eigenvalue weighted by Crippen LogP contribution is 2.38. The molecule has 110 valence electrons. The number of fused-ring (bicyclic) bond motifs is 1. The summed E-state index contributed by atoms with van der Waals surface area (Å²) in [6.07, 6.45) is 2.33. The van der Waals surface area contributed by atoms with Gasteiger partial charge in [-0.05, 0) is 68.5 Å². The molecule has 1 aliphatic rings. The van der Waals surface area contributed by atoms with Crippen LogP contribution in [0.5, 0.6) is 0 Å². The van der Waals surface area contributed by atoms with Crippen LogP contribution < -0.4 is 5.32 Å². The summed E-state index contributed by atoms with van der Waals surface area (Å²) in [7, 11) is 2.10. The Balaban J connectivity index is 1.84. The summed E-state index contributed by atoms with van der Waals surface area (Å²) in [5.41, 5.74) is 8.81. The van der Waals surface area contributed by atoms with E-state index in [0.29, 0.717) is 12.0 Å². The molecule has 0 heterocycles. The largest absolute Gasteiger partial charge is 0.316 e. The van der Waals surface area contributed by atoms with Crippen LogP contribution in [0.25, 0.3) is 0 Å². The zero-order chi connectivity index (χ0) is 15.0. The minimum atomic E-state index is 0.528. The van der Waals surface area contributed by atoms with Gasteiger partial charge in [0.1, 0.15) is 0 Å². The van der Waals surface area contributed by atoms with E-state index in [4.69, 9.17) is 0 Å². The van der Waals surface area contributed by atoms with E-state index in [1.807, 2.05) is 0 Å². The third-order valence-electron chi connectivity index (χ3n) is 5.02. The lowest BCUT2D eigenvalue weighted by atomic mass is 9.71. The van der Waals surface area contributed by atoms with Crippen molar-refractivity contribution >= 4 is 0 Å². The Hall–Kier alpha value is -1.60. The third-order valence-corrected chi connectivity index (χ3v) is 5.02. The molecule has 2 aromatic carbocycles. The summed E-state index contributed by atoms with van der Waals surface area (Å²) in [4.78, 5) is 0. The molecule has 0 aromatic heterocycles. The zero-order valence-electron chi connectivity index (χ0n) is 13.5. The molecule has 0 amide bonds. The van der Waals surface area contributed by atoms with Crippen LogP contribution in [-0.2, 0) is 12.8 Å². The highest BCUT2D eigenvalue weighted by Gasteiger charge is 2.32. The van der Waals surface area contributed by atoms with E-state index in [1.54, 1.807) is 5.56 Å². The van der Waals surface area contributed by atoms with E-state index in [-0.39, 0.29) is 0 Å². The number of rotatable bonds is 4. The van der Waals surface area contributed by atoms with Gasteiger partial charge < -0.3 is 5.32 Å². The summed E-state index contributed by atoms with van der Waals surface area (Å²) < 4.78 is 0. The summed E-state index contributed by atoms with van der Waals surface area (Å²) in [6.45, 7) is 6.68. The third kappa shape index (κ3) is 2.63. The monoisotopic (exact) mass is 279 g/mol. The first-order chi connectivity index (χ1) is 10.1. The summed E-state index contributed by atoms with van der Waals surface area (Å²) in [5, 5.41) is 3.56. The number of aryl methyl sites for hydroxylation is 3. The molecule has 0 saturated carbocycles. The van der Waals surface area contributed by atoms with Crippen LogP contribution in [0.3, 0.4) is 0 Å². The Morgan fingerprint density at radius 1 is 1.10 bits per heavy atom. The van der Waals surface area contributed by atoms with Gasteiger partial charge >= 0.3 is 0 Å². The fourth-order valence-corrected chi connectivity index (χ4v) is 3.85. The van der Waals surface area contributed by atoms with Gasteiger partial charge in [-0.25, -0.2) is 0 Å². The lowest BCUT2D eigenvalue weighted by Crippen LogP contribution is -2.40. The molecule has 1 aliphatic carbocycles. The van der Waals surface area contributed by atoms with E-state index in [2.05, 4.69) is 69.5 Å². The maximum atomic E-state index is 3.56. The number of nitrogens with one attached hydrogen (secondary N) is 1. The summed E-state index contributed by atoms with van der Waals surface area (Å²) in [6, 6.07) is 14.0. The molecule has 0 bridgehead atoms. The van der Waals surface area contributed by atoms with Gasteiger partial charge in [0, 0.05) is 12.0 Å². The fourth-order valence-electron chi connectivity index (χ4n) is 3.85. The molecule has 21 heavy (non-hydrogen) atoms. The lowest BCUT2D eigenvalue weighted by molar-refractivity contribution is 0.421. The first kappa shape index (κ1) is 14.3. The molecule has 1 heteroatoms. The first-order valence-corrected chi connectivity index (χ1v) is 7.92. The number of likely N-dealkylation sites (N-methyl/N-ethyl adjacent to an activating group) is 1. The summed E-state index contributed by atoms with van der Waals surface area (Å²) >= 11 is 0. The smallest absolute Gasteiger partial charge is 0.0177 e. The van der Waals surface area contributed by atoms with Crippen LogP contribution in [0.1, 0.15) is 39.3 Å². The van der Waals surface area contributed by atoms with Gasteiger partial charge in [-0.15, -0.1) is 0 Å². The fraction of sp³-hybridized carbons (Fsp3) is 0.400. The molecule has 0 saturated heterocycles. The van der Waals surface area contributed by atoms with Gasteiger partial charge in [-0.2, -0.15) is 0 Å². The van der Waals surface area contributed by atoms with Crippen molar-refractivity contribution in [1.29, 1.82) is 0 Å². The summed E-state index contributed by atoms with van der Waals surface area (Å²) in [5.74, 6) is 0.659. The second kappa shape index (κ2) is 5.65. The van der Waals surface area contributed by atoms with Crippen molar-refractivity contribution in [2.75, 3.05) is 7.05 Å². The SMILES string of the molecule is CNC(Cc1c(C)cc(C)cc1C)C1Cc2ccccc21. The van der Waals surface area contributed by atoms with Crippen LogP contribution >= 0.6 is 0 Å². The lowest BCUT2D eigenvalue weighted by Gasteiger charge is -2.37. The predicted octanol–water partition coefficient (Wildman–Crippen LogP) is 4.08. The number of benzene rings is 2. The second-order valence-electron chi connectivity index (χ2n) is 6.49. The van der Waals surface area contributed by atoms with E-state index in [1.165, 1.54) is 34.2 Å². The van der Waals surface area contributed by atoms with E-state index in [0.717, 1.165) is 6.42 Å². The van der Waals surface area contributed by atoms with E-state index >= 15 is 0 Å². The van der Waals surface area contributed by atoms with Crippen molar-refractivity contribution in [3.05, 3.63) is 69.8 Å². The van der Waals surface area contributed by atoms with Crippen LogP contribution in [-0.4, -0.2) is 13.1 Å². The molecule has 1 nitrogen and oxygen atoms in total. The molecule has 0 radical (unpaired) electrons. The normalized spacial score (nSPS) is 18.0. The predicted molar refractivity (Wildman–Crippen MR) is 90.1 cm³/mol. The molecule has 0 fully saturated rings. The van der Waals surface area contributed by atoms with Crippen LogP contribution in [0.15, 0.2) is 36.4 Å². The Bertz CT molecular complexity index is 634. The molecule has 2 atom stereocenters. The van der Waals surface area contributed by atoms with Crippen LogP contribution in [0.4, 0.5) is 0 Å². The van der Waals surface area contributed by atoms with Gasteiger partial charge in [0.2, 0.25) is 0 Å². The molecular formula is C20H25N. The zero-order valence-corrected chi connectivity index (χ0v) is 13.5. The molecule has 0 spiro atoms. The molecule has 3 rings (SSSR count). The Labute approximate surface area is 128 Å². The molecule has 1 N–H and O–H groups in total. The van der Waals surface area contributed by atoms with Crippen LogP contribution in [0.2, 0.25) is 0 Å². The van der Waals surface area contributed by atoms with Gasteiger partial charge in [-0.3, -0.25) is 0 Å². The minimum absolute atomic E-state index is 0.528. The van der Waals surface area contributed by atoms with Crippen molar-refractivity contribution < 1.29 is 0 Å². The maximum Gasteiger partial charge on any atom is 0.0177 e. The van der Waals surface area contributed by atoms with Gasteiger partial charge in [0.25, 0.3) is 0 Å². The molecule has 0 aliphatic heterocycles. The maximum absolute atomic E-state index is 3.56. The average molecular weight is 279 g/mol. The van der Waals surface area contributed by atoms with Gasteiger partial charge in [0.05, 0.1) is 0 Å².